The Balaban J connectivity index is 1.38. The van der Waals surface area contributed by atoms with Gasteiger partial charge in [-0.2, -0.15) is 0 Å². The van der Waals surface area contributed by atoms with E-state index in [0.717, 1.165) is 77.5 Å². The van der Waals surface area contributed by atoms with Crippen molar-refractivity contribution in [1.82, 2.24) is 9.80 Å². The number of unbranched alkanes of at least 4 members (excludes halogenated alkanes) is 2. The highest BCUT2D eigenvalue weighted by Crippen LogP contribution is 2.48. The van der Waals surface area contributed by atoms with Crippen molar-refractivity contribution < 1.29 is 15.0 Å². The molecule has 1 heterocycles. The summed E-state index contributed by atoms with van der Waals surface area (Å²) in [7, 11) is 2.11. The second-order valence-electron chi connectivity index (χ2n) is 10.9. The summed E-state index contributed by atoms with van der Waals surface area (Å²) in [5, 5.41) is 21.1. The SMILES string of the molecule is CCCC[C@](C)(O)C/C=C/[C@@H]1[C@H]2CC(CCCCC(=O)N3CCN(C)CC3)=C[C@H]2C[C@H]1O. The highest BCUT2D eigenvalue weighted by Gasteiger charge is 2.43. The average Bonchev–Trinajstić information content (AvgIpc) is 3.27. The maximum Gasteiger partial charge on any atom is 0.222 e. The molecule has 2 N–H and O–H groups in total. The van der Waals surface area contributed by atoms with Crippen molar-refractivity contribution in [2.24, 2.45) is 17.8 Å². The van der Waals surface area contributed by atoms with E-state index in [2.05, 4.69) is 37.1 Å². The van der Waals surface area contributed by atoms with Gasteiger partial charge in [-0.1, -0.05) is 43.6 Å². The molecule has 5 heteroatoms. The smallest absolute Gasteiger partial charge is 0.222 e. The summed E-state index contributed by atoms with van der Waals surface area (Å²) in [6.45, 7) is 7.78. The van der Waals surface area contributed by atoms with Gasteiger partial charge < -0.3 is 20.0 Å². The first kappa shape index (κ1) is 25.5. The van der Waals surface area contributed by atoms with Crippen LogP contribution in [0.5, 0.6) is 0 Å². The van der Waals surface area contributed by atoms with Crippen LogP contribution in [0.25, 0.3) is 0 Å². The van der Waals surface area contributed by atoms with Gasteiger partial charge >= 0.3 is 0 Å². The molecular weight excluding hydrogens is 400 g/mol. The van der Waals surface area contributed by atoms with E-state index < -0.39 is 5.60 Å². The van der Waals surface area contributed by atoms with Crippen LogP contribution in [0.3, 0.4) is 0 Å². The predicted octanol–water partition coefficient (Wildman–Crippen LogP) is 4.15. The number of allylic oxidation sites excluding steroid dienone is 2. The minimum atomic E-state index is -0.643. The Morgan fingerprint density at radius 3 is 2.69 bits per heavy atom. The number of aliphatic hydroxyl groups excluding tert-OH is 1. The second kappa shape index (κ2) is 11.8. The maximum absolute atomic E-state index is 12.4. The fourth-order valence-electron chi connectivity index (χ4n) is 5.77. The number of amides is 1. The monoisotopic (exact) mass is 446 g/mol. The van der Waals surface area contributed by atoms with Gasteiger partial charge in [-0.25, -0.2) is 0 Å². The van der Waals surface area contributed by atoms with E-state index in [0.29, 0.717) is 30.6 Å². The topological polar surface area (TPSA) is 64.0 Å². The summed E-state index contributed by atoms with van der Waals surface area (Å²) in [6, 6.07) is 0. The van der Waals surface area contributed by atoms with Gasteiger partial charge in [0.25, 0.3) is 0 Å². The number of piperazine rings is 1. The van der Waals surface area contributed by atoms with Crippen LogP contribution in [0, 0.1) is 17.8 Å². The molecule has 2 fully saturated rings. The molecular formula is C27H46N2O3. The van der Waals surface area contributed by atoms with Crippen LogP contribution in [-0.2, 0) is 4.79 Å². The van der Waals surface area contributed by atoms with Crippen molar-refractivity contribution in [2.75, 3.05) is 33.2 Å². The molecule has 0 aromatic carbocycles. The Morgan fingerprint density at radius 2 is 1.97 bits per heavy atom. The lowest BCUT2D eigenvalue weighted by molar-refractivity contribution is -0.132. The van der Waals surface area contributed by atoms with Gasteiger partial charge in [-0.15, -0.1) is 0 Å². The second-order valence-corrected chi connectivity index (χ2v) is 10.9. The Morgan fingerprint density at radius 1 is 1.22 bits per heavy atom. The molecule has 0 aromatic heterocycles. The van der Waals surface area contributed by atoms with E-state index in [4.69, 9.17) is 0 Å². The van der Waals surface area contributed by atoms with Gasteiger partial charge in [-0.05, 0) is 70.8 Å². The Hall–Kier alpha value is -1.17. The number of nitrogens with zero attached hydrogens (tertiary/aromatic N) is 2. The predicted molar refractivity (Wildman–Crippen MR) is 130 cm³/mol. The number of carbonyl (C=O) groups excluding carboxylic acids is 1. The van der Waals surface area contributed by atoms with Crippen LogP contribution >= 0.6 is 0 Å². The molecule has 0 bridgehead atoms. The van der Waals surface area contributed by atoms with Crippen molar-refractivity contribution in [3.8, 4) is 0 Å². The van der Waals surface area contributed by atoms with Crippen LogP contribution in [0.15, 0.2) is 23.8 Å². The zero-order valence-corrected chi connectivity index (χ0v) is 20.6. The first-order chi connectivity index (χ1) is 15.3. The standard InChI is InChI=1S/C27H46N2O3/c1-4-5-12-27(2,32)13-8-10-23-24-19-21(18-22(24)20-25(23)30)9-6-7-11-26(31)29-16-14-28(3)15-17-29/h8,10,18,22-25,30,32H,4-7,9,11-17,19-20H2,1-3H3/b10-8+/t22-,23+,24-,25+,27-/m0/s1. The summed E-state index contributed by atoms with van der Waals surface area (Å²) in [4.78, 5) is 16.7. The largest absolute Gasteiger partial charge is 0.392 e. The molecule has 0 aromatic rings. The van der Waals surface area contributed by atoms with Gasteiger partial charge in [0.05, 0.1) is 11.7 Å². The molecule has 0 unspecified atom stereocenters. The highest BCUT2D eigenvalue weighted by molar-refractivity contribution is 5.76. The third kappa shape index (κ3) is 7.16. The summed E-state index contributed by atoms with van der Waals surface area (Å²) in [5.74, 6) is 1.51. The van der Waals surface area contributed by atoms with Crippen LogP contribution in [-0.4, -0.2) is 70.9 Å². The molecule has 2 aliphatic carbocycles. The minimum absolute atomic E-state index is 0.203. The fourth-order valence-corrected chi connectivity index (χ4v) is 5.77. The highest BCUT2D eigenvalue weighted by atomic mass is 16.3. The number of fused-ring (bicyclic) bond motifs is 1. The van der Waals surface area contributed by atoms with Crippen molar-refractivity contribution in [3.63, 3.8) is 0 Å². The number of hydrogen-bond donors (Lipinski definition) is 2. The molecule has 3 aliphatic rings. The maximum atomic E-state index is 12.4. The van der Waals surface area contributed by atoms with Crippen LogP contribution < -0.4 is 0 Å². The molecule has 1 saturated heterocycles. The average molecular weight is 447 g/mol. The first-order valence-electron chi connectivity index (χ1n) is 13.0. The Labute approximate surface area is 195 Å². The van der Waals surface area contributed by atoms with Crippen molar-refractivity contribution in [3.05, 3.63) is 23.8 Å². The van der Waals surface area contributed by atoms with Crippen LogP contribution in [0.4, 0.5) is 0 Å². The third-order valence-electron chi connectivity index (χ3n) is 7.93. The van der Waals surface area contributed by atoms with E-state index in [1.54, 1.807) is 0 Å². The molecule has 5 atom stereocenters. The van der Waals surface area contributed by atoms with E-state index in [9.17, 15) is 15.0 Å². The molecule has 0 radical (unpaired) electrons. The van der Waals surface area contributed by atoms with Gasteiger partial charge in [0.15, 0.2) is 0 Å². The number of likely N-dealkylation sites (N-methyl/N-ethyl adjacent to an activating group) is 1. The molecule has 1 saturated carbocycles. The van der Waals surface area contributed by atoms with Crippen molar-refractivity contribution >= 4 is 5.91 Å². The van der Waals surface area contributed by atoms with E-state index >= 15 is 0 Å². The number of rotatable bonds is 11. The Kier molecular flexibility index (Phi) is 9.39. The number of carbonyl (C=O) groups is 1. The van der Waals surface area contributed by atoms with Crippen LogP contribution in [0.1, 0.15) is 78.1 Å². The quantitative estimate of drug-likeness (QED) is 0.370. The first-order valence-corrected chi connectivity index (χ1v) is 13.0. The zero-order chi connectivity index (χ0) is 23.1. The molecule has 32 heavy (non-hydrogen) atoms. The summed E-state index contributed by atoms with van der Waals surface area (Å²) in [5.41, 5.74) is 0.878. The van der Waals surface area contributed by atoms with E-state index in [1.165, 1.54) is 5.57 Å². The lowest BCUT2D eigenvalue weighted by Gasteiger charge is -2.32. The van der Waals surface area contributed by atoms with Gasteiger partial charge in [0.1, 0.15) is 0 Å². The number of aliphatic hydroxyl groups is 2. The number of hydrogen-bond acceptors (Lipinski definition) is 4. The fraction of sp³-hybridized carbons (Fsp3) is 0.815. The van der Waals surface area contributed by atoms with Gasteiger partial charge in [0.2, 0.25) is 5.91 Å². The van der Waals surface area contributed by atoms with Crippen LogP contribution in [0.2, 0.25) is 0 Å². The molecule has 1 amide bonds. The lowest BCUT2D eigenvalue weighted by Crippen LogP contribution is -2.47. The van der Waals surface area contributed by atoms with Gasteiger partial charge in [0, 0.05) is 38.5 Å². The summed E-state index contributed by atoms with van der Waals surface area (Å²) in [6.07, 6.45) is 15.8. The zero-order valence-electron chi connectivity index (χ0n) is 20.6. The minimum Gasteiger partial charge on any atom is -0.392 e. The summed E-state index contributed by atoms with van der Waals surface area (Å²) >= 11 is 0. The molecule has 0 spiro atoms. The lowest BCUT2D eigenvalue weighted by atomic mass is 9.87. The van der Waals surface area contributed by atoms with E-state index in [-0.39, 0.29) is 12.0 Å². The van der Waals surface area contributed by atoms with Gasteiger partial charge in [-0.3, -0.25) is 4.79 Å². The molecule has 5 nitrogen and oxygen atoms in total. The molecule has 3 rings (SSSR count). The third-order valence-corrected chi connectivity index (χ3v) is 7.93. The molecule has 182 valence electrons. The van der Waals surface area contributed by atoms with Crippen molar-refractivity contribution in [1.29, 1.82) is 0 Å². The summed E-state index contributed by atoms with van der Waals surface area (Å²) < 4.78 is 0. The molecule has 1 aliphatic heterocycles. The Bertz CT molecular complexity index is 664. The van der Waals surface area contributed by atoms with Crippen molar-refractivity contribution in [2.45, 2.75) is 89.8 Å². The normalized spacial score (nSPS) is 30.5. The van der Waals surface area contributed by atoms with E-state index in [1.807, 2.05) is 11.8 Å².